The van der Waals surface area contributed by atoms with Gasteiger partial charge in [0.15, 0.2) is 0 Å². The Morgan fingerprint density at radius 2 is 2.06 bits per heavy atom. The molecule has 0 saturated heterocycles. The molecule has 2 N–H and O–H groups in total. The molecular formula is C13H19NO3S. The van der Waals surface area contributed by atoms with Crippen LogP contribution in [-0.2, 0) is 23.1 Å². The van der Waals surface area contributed by atoms with Crippen molar-refractivity contribution >= 4 is 10.0 Å². The molecule has 0 atom stereocenters. The Morgan fingerprint density at radius 3 is 2.56 bits per heavy atom. The van der Waals surface area contributed by atoms with Crippen molar-refractivity contribution in [3.8, 4) is 0 Å². The number of aliphatic hydroxyl groups excluding tert-OH is 1. The van der Waals surface area contributed by atoms with E-state index in [1.165, 1.54) is 0 Å². The van der Waals surface area contributed by atoms with Crippen molar-refractivity contribution in [2.45, 2.75) is 50.2 Å². The zero-order valence-electron chi connectivity index (χ0n) is 10.7. The Hall–Kier alpha value is -0.910. The molecule has 0 amide bonds. The molecule has 1 saturated carbocycles. The number of rotatable bonds is 5. The van der Waals surface area contributed by atoms with Crippen LogP contribution >= 0.6 is 0 Å². The van der Waals surface area contributed by atoms with Crippen LogP contribution in [0.2, 0.25) is 0 Å². The van der Waals surface area contributed by atoms with E-state index in [2.05, 4.69) is 4.72 Å². The molecule has 0 radical (unpaired) electrons. The summed E-state index contributed by atoms with van der Waals surface area (Å²) in [5, 5.41) is 9.12. The van der Waals surface area contributed by atoms with Gasteiger partial charge in [0.05, 0.1) is 11.5 Å². The lowest BCUT2D eigenvalue weighted by molar-refractivity contribution is 0.281. The maximum atomic E-state index is 12.3. The molecule has 0 aromatic heterocycles. The van der Waals surface area contributed by atoms with Gasteiger partial charge in [0, 0.05) is 5.54 Å². The van der Waals surface area contributed by atoms with Crippen LogP contribution in [0.3, 0.4) is 0 Å². The summed E-state index contributed by atoms with van der Waals surface area (Å²) in [6.07, 6.45) is 2.42. The molecule has 1 aliphatic carbocycles. The summed E-state index contributed by atoms with van der Waals surface area (Å²) < 4.78 is 27.4. The van der Waals surface area contributed by atoms with E-state index in [1.807, 2.05) is 13.8 Å². The predicted molar refractivity (Wildman–Crippen MR) is 69.7 cm³/mol. The molecule has 0 aliphatic heterocycles. The molecule has 18 heavy (non-hydrogen) atoms. The highest BCUT2D eigenvalue weighted by atomic mass is 32.2. The van der Waals surface area contributed by atoms with Gasteiger partial charge in [-0.1, -0.05) is 19.1 Å². The number of aryl methyl sites for hydroxylation is 1. The third-order valence-corrected chi connectivity index (χ3v) is 5.09. The van der Waals surface area contributed by atoms with E-state index in [9.17, 15) is 8.42 Å². The fraction of sp³-hybridized carbons (Fsp3) is 0.538. The number of aliphatic hydroxyl groups is 1. The minimum absolute atomic E-state index is 0.149. The van der Waals surface area contributed by atoms with Crippen LogP contribution in [0.1, 0.15) is 37.8 Å². The molecule has 100 valence electrons. The quantitative estimate of drug-likeness (QED) is 0.852. The summed E-state index contributed by atoms with van der Waals surface area (Å²) in [5.41, 5.74) is 1.12. The van der Waals surface area contributed by atoms with Gasteiger partial charge in [0.25, 0.3) is 0 Å². The molecule has 5 heteroatoms. The van der Waals surface area contributed by atoms with Gasteiger partial charge in [0.1, 0.15) is 0 Å². The van der Waals surface area contributed by atoms with Gasteiger partial charge in [-0.05, 0) is 43.4 Å². The molecule has 0 spiro atoms. The summed E-state index contributed by atoms with van der Waals surface area (Å²) in [6.45, 7) is 3.68. The summed E-state index contributed by atoms with van der Waals surface area (Å²) in [7, 11) is -3.49. The first-order chi connectivity index (χ1) is 8.40. The second kappa shape index (κ2) is 4.64. The van der Waals surface area contributed by atoms with Gasteiger partial charge < -0.3 is 5.11 Å². The maximum absolute atomic E-state index is 12.3. The standard InChI is InChI=1S/C13H19NO3S/c1-3-11-5-4-10(9-15)8-12(11)18(16,17)14-13(2)6-7-13/h4-5,8,14-15H,3,6-7,9H2,1-2H3. The monoisotopic (exact) mass is 269 g/mol. The fourth-order valence-corrected chi connectivity index (χ4v) is 3.74. The lowest BCUT2D eigenvalue weighted by Crippen LogP contribution is -2.34. The number of nitrogens with one attached hydrogen (secondary N) is 1. The molecule has 1 aromatic rings. The van der Waals surface area contributed by atoms with Crippen LogP contribution in [0.25, 0.3) is 0 Å². The molecule has 4 nitrogen and oxygen atoms in total. The average Bonchev–Trinajstić information content (AvgIpc) is 3.04. The lowest BCUT2D eigenvalue weighted by Gasteiger charge is -2.15. The Labute approximate surface area is 108 Å². The average molecular weight is 269 g/mol. The van der Waals surface area contributed by atoms with Crippen molar-refractivity contribution in [3.63, 3.8) is 0 Å². The van der Waals surface area contributed by atoms with E-state index in [1.54, 1.807) is 18.2 Å². The zero-order chi connectivity index (χ0) is 13.4. The van der Waals surface area contributed by atoms with Crippen LogP contribution in [0.4, 0.5) is 0 Å². The molecule has 2 rings (SSSR count). The first-order valence-corrected chi connectivity index (χ1v) is 7.65. The number of hydrogen-bond acceptors (Lipinski definition) is 3. The van der Waals surface area contributed by atoms with Crippen LogP contribution < -0.4 is 4.72 Å². The zero-order valence-corrected chi connectivity index (χ0v) is 11.5. The second-order valence-corrected chi connectivity index (χ2v) is 6.77. The summed E-state index contributed by atoms with van der Waals surface area (Å²) in [6, 6.07) is 5.10. The second-order valence-electron chi connectivity index (χ2n) is 5.12. The van der Waals surface area contributed by atoms with Crippen molar-refractivity contribution in [2.24, 2.45) is 0 Å². The van der Waals surface area contributed by atoms with E-state index < -0.39 is 10.0 Å². The minimum atomic E-state index is -3.49. The SMILES string of the molecule is CCc1ccc(CO)cc1S(=O)(=O)NC1(C)CC1. The Kier molecular flexibility index (Phi) is 3.49. The van der Waals surface area contributed by atoms with E-state index in [0.717, 1.165) is 18.4 Å². The number of benzene rings is 1. The van der Waals surface area contributed by atoms with Crippen molar-refractivity contribution in [3.05, 3.63) is 29.3 Å². The number of sulfonamides is 1. The summed E-state index contributed by atoms with van der Waals surface area (Å²) >= 11 is 0. The van der Waals surface area contributed by atoms with Crippen LogP contribution in [0.15, 0.2) is 23.1 Å². The van der Waals surface area contributed by atoms with Gasteiger partial charge in [-0.2, -0.15) is 0 Å². The van der Waals surface area contributed by atoms with Crippen LogP contribution in [0.5, 0.6) is 0 Å². The smallest absolute Gasteiger partial charge is 0.241 e. The molecule has 0 unspecified atom stereocenters. The fourth-order valence-electron chi connectivity index (χ4n) is 1.91. The van der Waals surface area contributed by atoms with Gasteiger partial charge in [-0.15, -0.1) is 0 Å². The first-order valence-electron chi connectivity index (χ1n) is 6.17. The minimum Gasteiger partial charge on any atom is -0.392 e. The van der Waals surface area contributed by atoms with Crippen molar-refractivity contribution in [1.29, 1.82) is 0 Å². The van der Waals surface area contributed by atoms with Crippen molar-refractivity contribution < 1.29 is 13.5 Å². The largest absolute Gasteiger partial charge is 0.392 e. The summed E-state index contributed by atoms with van der Waals surface area (Å²) in [4.78, 5) is 0.296. The van der Waals surface area contributed by atoms with E-state index in [4.69, 9.17) is 5.11 Å². The maximum Gasteiger partial charge on any atom is 0.241 e. The highest BCUT2D eigenvalue weighted by Crippen LogP contribution is 2.36. The van der Waals surface area contributed by atoms with Crippen molar-refractivity contribution in [2.75, 3.05) is 0 Å². The van der Waals surface area contributed by atoms with Gasteiger partial charge in [-0.3, -0.25) is 0 Å². The number of hydrogen-bond donors (Lipinski definition) is 2. The van der Waals surface area contributed by atoms with E-state index in [-0.39, 0.29) is 12.1 Å². The van der Waals surface area contributed by atoms with E-state index >= 15 is 0 Å². The molecule has 0 bridgehead atoms. The normalized spacial score (nSPS) is 17.7. The van der Waals surface area contributed by atoms with Gasteiger partial charge in [0.2, 0.25) is 10.0 Å². The third kappa shape index (κ3) is 2.74. The van der Waals surface area contributed by atoms with Gasteiger partial charge in [-0.25, -0.2) is 13.1 Å². The van der Waals surface area contributed by atoms with E-state index in [0.29, 0.717) is 16.9 Å². The Morgan fingerprint density at radius 1 is 1.39 bits per heavy atom. The van der Waals surface area contributed by atoms with Gasteiger partial charge >= 0.3 is 0 Å². The topological polar surface area (TPSA) is 66.4 Å². The molecule has 1 aromatic carbocycles. The highest BCUT2D eigenvalue weighted by Gasteiger charge is 2.41. The Bertz CT molecular complexity index is 547. The first kappa shape index (κ1) is 13.5. The summed E-state index contributed by atoms with van der Waals surface area (Å²) in [5.74, 6) is 0. The molecule has 0 heterocycles. The Balaban J connectivity index is 2.41. The van der Waals surface area contributed by atoms with Crippen LogP contribution in [0, 0.1) is 0 Å². The molecule has 1 fully saturated rings. The predicted octanol–water partition coefficient (Wildman–Crippen LogP) is 1.57. The van der Waals surface area contributed by atoms with Crippen molar-refractivity contribution in [1.82, 2.24) is 4.72 Å². The highest BCUT2D eigenvalue weighted by molar-refractivity contribution is 7.89. The molecule has 1 aliphatic rings. The molecular weight excluding hydrogens is 250 g/mol. The van der Waals surface area contributed by atoms with Crippen LogP contribution in [-0.4, -0.2) is 19.1 Å². The third-order valence-electron chi connectivity index (χ3n) is 3.37. The lowest BCUT2D eigenvalue weighted by atomic mass is 10.1.